The molecule has 1 rings (SSSR count). The summed E-state index contributed by atoms with van der Waals surface area (Å²) in [5.74, 6) is -3.51. The van der Waals surface area contributed by atoms with Crippen LogP contribution in [0.15, 0.2) is 0 Å². The van der Waals surface area contributed by atoms with E-state index in [0.717, 1.165) is 6.42 Å². The van der Waals surface area contributed by atoms with Crippen LogP contribution in [0.1, 0.15) is 107 Å². The molecule has 16 heteroatoms. The maximum atomic E-state index is 12.6. The number of carbonyl (C=O) groups is 3. The van der Waals surface area contributed by atoms with Gasteiger partial charge in [0.1, 0.15) is 5.60 Å². The molecule has 0 N–H and O–H groups in total. The molecule has 2 atom stereocenters. The van der Waals surface area contributed by atoms with E-state index in [1.807, 2.05) is 20.8 Å². The minimum Gasteiger partial charge on any atom is -0.459 e. The van der Waals surface area contributed by atoms with Crippen LogP contribution in [0.5, 0.6) is 0 Å². The second-order valence-electron chi connectivity index (χ2n) is 12.8. The maximum Gasteiger partial charge on any atom is 0.434 e. The van der Waals surface area contributed by atoms with E-state index in [4.69, 9.17) is 4.74 Å². The highest BCUT2D eigenvalue weighted by molar-refractivity contribution is 5.81. The summed E-state index contributed by atoms with van der Waals surface area (Å²) >= 11 is 0. The Morgan fingerprint density at radius 2 is 1.09 bits per heavy atom. The quantitative estimate of drug-likeness (QED) is 0.0937. The van der Waals surface area contributed by atoms with Crippen LogP contribution in [-0.2, 0) is 33.3 Å². The van der Waals surface area contributed by atoms with Crippen LogP contribution in [-0.4, -0.2) is 60.5 Å². The molecule has 0 amide bonds. The first-order chi connectivity index (χ1) is 20.0. The number of hydrogen-bond acceptors (Lipinski definition) is 7. The van der Waals surface area contributed by atoms with Crippen molar-refractivity contribution in [2.45, 2.75) is 150 Å². The Balaban J connectivity index is 0.000000966. The van der Waals surface area contributed by atoms with Crippen LogP contribution in [0.25, 0.3) is 0 Å². The molecule has 1 fully saturated rings. The standard InChI is InChI=1S/C15H28O2.C14H17F9O5/c1-6-14(2,3)13(16)17-15(4,5)12-10-8-7-9-11-12;1-5-11(3,4)10(25)28-8(26-6(2)12(15,16)17)7(24)27-9(13(18,19)20)14(21,22)23/h12H,6-11H2,1-5H3;6,8-9H,5H2,1-4H3. The van der Waals surface area contributed by atoms with Crippen molar-refractivity contribution in [3.05, 3.63) is 0 Å². The van der Waals surface area contributed by atoms with Crippen LogP contribution >= 0.6 is 0 Å². The van der Waals surface area contributed by atoms with Gasteiger partial charge < -0.3 is 18.9 Å². The minimum atomic E-state index is -6.12. The van der Waals surface area contributed by atoms with Gasteiger partial charge in [-0.05, 0) is 80.1 Å². The van der Waals surface area contributed by atoms with Crippen molar-refractivity contribution in [3.63, 3.8) is 0 Å². The van der Waals surface area contributed by atoms with Gasteiger partial charge in [-0.25, -0.2) is 4.79 Å². The molecule has 0 spiro atoms. The number of rotatable bonds is 11. The van der Waals surface area contributed by atoms with Gasteiger partial charge in [-0.15, -0.1) is 0 Å². The fourth-order valence-corrected chi connectivity index (χ4v) is 3.69. The van der Waals surface area contributed by atoms with E-state index >= 15 is 0 Å². The summed E-state index contributed by atoms with van der Waals surface area (Å²) in [6, 6.07) is 0. The van der Waals surface area contributed by atoms with Crippen LogP contribution < -0.4 is 0 Å². The number of carbonyl (C=O) groups excluding carboxylic acids is 3. The summed E-state index contributed by atoms with van der Waals surface area (Å²) < 4.78 is 130. The van der Waals surface area contributed by atoms with Gasteiger partial charge in [0.25, 0.3) is 6.10 Å². The fourth-order valence-electron chi connectivity index (χ4n) is 3.69. The first-order valence-electron chi connectivity index (χ1n) is 14.5. The van der Waals surface area contributed by atoms with Crippen molar-refractivity contribution in [1.82, 2.24) is 0 Å². The molecular formula is C29H45F9O7. The van der Waals surface area contributed by atoms with Crippen LogP contribution in [0, 0.1) is 16.7 Å². The average Bonchev–Trinajstić information content (AvgIpc) is 2.89. The first-order valence-corrected chi connectivity index (χ1v) is 14.5. The van der Waals surface area contributed by atoms with E-state index in [9.17, 15) is 53.9 Å². The zero-order valence-corrected chi connectivity index (χ0v) is 27.0. The van der Waals surface area contributed by atoms with Crippen LogP contribution in [0.2, 0.25) is 0 Å². The SMILES string of the molecule is CCC(C)(C)C(=O)OC(C)(C)C1CCCCC1.CCC(C)(C)C(=O)OC(OC(C)C(F)(F)F)C(=O)OC(C(F)(F)F)C(F)(F)F. The highest BCUT2D eigenvalue weighted by Crippen LogP contribution is 2.38. The number of halogens is 9. The van der Waals surface area contributed by atoms with Gasteiger partial charge in [-0.3, -0.25) is 9.59 Å². The van der Waals surface area contributed by atoms with Crippen molar-refractivity contribution < 1.29 is 72.8 Å². The van der Waals surface area contributed by atoms with Gasteiger partial charge in [0.05, 0.1) is 10.8 Å². The normalized spacial score (nSPS) is 17.1. The van der Waals surface area contributed by atoms with E-state index < -0.39 is 54.4 Å². The van der Waals surface area contributed by atoms with Gasteiger partial charge in [0.2, 0.25) is 0 Å². The molecule has 0 aromatic carbocycles. The summed E-state index contributed by atoms with van der Waals surface area (Å²) in [4.78, 5) is 35.7. The van der Waals surface area contributed by atoms with Crippen LogP contribution in [0.3, 0.4) is 0 Å². The molecule has 0 aromatic heterocycles. The third kappa shape index (κ3) is 14.0. The van der Waals surface area contributed by atoms with Gasteiger partial charge in [0.15, 0.2) is 6.10 Å². The predicted octanol–water partition coefficient (Wildman–Crippen LogP) is 8.62. The summed E-state index contributed by atoms with van der Waals surface area (Å²) in [6.07, 6.45) is -20.9. The van der Waals surface area contributed by atoms with Crippen molar-refractivity contribution in [2.24, 2.45) is 16.7 Å². The second kappa shape index (κ2) is 16.0. The lowest BCUT2D eigenvalue weighted by atomic mass is 9.78. The minimum absolute atomic E-state index is 0.0101. The smallest absolute Gasteiger partial charge is 0.434 e. The molecule has 0 aliphatic heterocycles. The fraction of sp³-hybridized carbons (Fsp3) is 0.897. The van der Waals surface area contributed by atoms with Gasteiger partial charge in [-0.2, -0.15) is 39.5 Å². The number of ether oxygens (including phenoxy) is 4. The molecule has 0 saturated heterocycles. The first kappa shape index (κ1) is 42.7. The third-order valence-electron chi connectivity index (χ3n) is 7.84. The summed E-state index contributed by atoms with van der Waals surface area (Å²) in [6.45, 7) is 14.3. The van der Waals surface area contributed by atoms with E-state index in [1.165, 1.54) is 52.9 Å². The second-order valence-corrected chi connectivity index (χ2v) is 12.8. The van der Waals surface area contributed by atoms with E-state index in [0.29, 0.717) is 12.8 Å². The number of alkyl halides is 9. The lowest BCUT2D eigenvalue weighted by Gasteiger charge is -2.38. The van der Waals surface area contributed by atoms with Crippen molar-refractivity contribution in [3.8, 4) is 0 Å². The Bertz CT molecular complexity index is 951. The third-order valence-corrected chi connectivity index (χ3v) is 7.84. The van der Waals surface area contributed by atoms with Gasteiger partial charge >= 0.3 is 42.7 Å². The summed E-state index contributed by atoms with van der Waals surface area (Å²) in [5.41, 5.74) is -2.09. The molecule has 45 heavy (non-hydrogen) atoms. The zero-order chi connectivity index (χ0) is 35.8. The summed E-state index contributed by atoms with van der Waals surface area (Å²) in [7, 11) is 0. The van der Waals surface area contributed by atoms with Gasteiger partial charge in [-0.1, -0.05) is 33.1 Å². The Morgan fingerprint density at radius 3 is 1.47 bits per heavy atom. The Hall–Kier alpha value is -2.26. The molecule has 1 aliphatic rings. The predicted molar refractivity (Wildman–Crippen MR) is 143 cm³/mol. The van der Waals surface area contributed by atoms with E-state index in [1.54, 1.807) is 0 Å². The molecule has 0 aromatic rings. The zero-order valence-electron chi connectivity index (χ0n) is 27.0. The van der Waals surface area contributed by atoms with Gasteiger partial charge in [0, 0.05) is 0 Å². The molecule has 1 aliphatic carbocycles. The molecule has 266 valence electrons. The highest BCUT2D eigenvalue weighted by Gasteiger charge is 2.60. The number of hydrogen-bond donors (Lipinski definition) is 0. The molecule has 2 unspecified atom stereocenters. The molecule has 1 saturated carbocycles. The highest BCUT2D eigenvalue weighted by atomic mass is 19.4. The molecule has 0 bridgehead atoms. The summed E-state index contributed by atoms with van der Waals surface area (Å²) in [5, 5.41) is 0. The van der Waals surface area contributed by atoms with E-state index in [2.05, 4.69) is 28.1 Å². The topological polar surface area (TPSA) is 88.1 Å². The van der Waals surface area contributed by atoms with Crippen molar-refractivity contribution in [1.29, 1.82) is 0 Å². The molecule has 7 nitrogen and oxygen atoms in total. The number of esters is 3. The van der Waals surface area contributed by atoms with E-state index in [-0.39, 0.29) is 23.4 Å². The van der Waals surface area contributed by atoms with Crippen LogP contribution in [0.4, 0.5) is 39.5 Å². The molecular weight excluding hydrogens is 631 g/mol. The lowest BCUT2D eigenvalue weighted by molar-refractivity contribution is -0.322. The van der Waals surface area contributed by atoms with Crippen molar-refractivity contribution in [2.75, 3.05) is 0 Å². The van der Waals surface area contributed by atoms with Crippen molar-refractivity contribution >= 4 is 17.9 Å². The largest absolute Gasteiger partial charge is 0.459 e. The molecule has 0 heterocycles. The Morgan fingerprint density at radius 1 is 0.667 bits per heavy atom. The average molecular weight is 677 g/mol. The Kier molecular flexibility index (Phi) is 15.2. The molecule has 0 radical (unpaired) electrons. The Labute approximate surface area is 257 Å². The monoisotopic (exact) mass is 676 g/mol. The lowest BCUT2D eigenvalue weighted by Crippen LogP contribution is -2.49. The maximum absolute atomic E-state index is 12.6.